The van der Waals surface area contributed by atoms with Gasteiger partial charge in [-0.15, -0.1) is 0 Å². The third-order valence-corrected chi connectivity index (χ3v) is 19.0. The second-order valence-electron chi connectivity index (χ2n) is 27.2. The van der Waals surface area contributed by atoms with E-state index in [1.54, 1.807) is 66.9 Å². The van der Waals surface area contributed by atoms with Crippen LogP contribution < -0.4 is 96.4 Å². The Bertz CT molecular complexity index is 4190. The van der Waals surface area contributed by atoms with Crippen LogP contribution in [0.15, 0.2) is 90.0 Å². The number of nitrogens with zero attached hydrogens (tertiary/aromatic N) is 6. The van der Waals surface area contributed by atoms with Gasteiger partial charge in [0, 0.05) is 56.9 Å². The van der Waals surface area contributed by atoms with Crippen molar-refractivity contribution in [3.63, 3.8) is 0 Å². The Kier molecular flexibility index (Phi) is 33.5. The number of nitrogens with two attached hydrogens (primary N) is 5. The van der Waals surface area contributed by atoms with Crippen LogP contribution in [0, 0.1) is 12.8 Å². The first kappa shape index (κ1) is 88.2. The fraction of sp³-hybridized carbons (Fsp3) is 0.507. The number of fused-ring (bicyclic) bond motifs is 1. The standard InChI is InChI=1S/C71H104N22O16S/c1-38(2)35-56-68(105)83-51(24-30-73)63(100)82-53(26-32-75)67(104)88-59(40(4)94)69(106)77-33-27-54(65(102)81-50(23-29-72)62(99)80-49(61(98)86-56)20-17-43-13-10-9-11-14-43)84-64(101)52(25-31-74)85-70(107)60(41(5)95)89-66(103)48(79-42(6)96)21-22-58(97)93(45-15-12-16-46(36-45)110(76,108)109)71-78-34-28-57(87-71)91(7)44-18-19-47-39(3)92(8)90-55(47)37-44/h9-16,18-19,28,34,36-38,40-41,48-54,56,59-60,94-95H,17,20-27,29-33,35,72-75H2,1-8H3,(H,77,106)(H,79,96)(H,80,99)(H,81,102)(H,82,100)(H,83,105)(H,84,101)(H,85,107)(H,86,98)(H,88,104)(H,89,103)(H2,76,108,109)/t40-,41-,48+,49-,50+,51+,52+,53+,54+,56+,59+,60+/m1/s1. The quantitative estimate of drug-likeness (QED) is 0.0207. The lowest BCUT2D eigenvalue weighted by molar-refractivity contribution is -0.137. The van der Waals surface area contributed by atoms with E-state index in [2.05, 4.69) is 73.6 Å². The normalized spacial score (nSPS) is 20.1. The second-order valence-corrected chi connectivity index (χ2v) is 28.7. The number of amides is 12. The molecule has 1 fully saturated rings. The van der Waals surface area contributed by atoms with Crippen molar-refractivity contribution in [2.24, 2.45) is 41.0 Å². The summed E-state index contributed by atoms with van der Waals surface area (Å²) < 4.78 is 27.1. The molecule has 3 aromatic carbocycles. The van der Waals surface area contributed by atoms with Crippen LogP contribution in [-0.4, -0.2) is 222 Å². The minimum atomic E-state index is -4.36. The average molecular weight is 1550 g/mol. The number of benzene rings is 3. The first-order chi connectivity index (χ1) is 52.1. The minimum Gasteiger partial charge on any atom is -0.391 e. The molecule has 0 bridgehead atoms. The molecule has 2 aromatic heterocycles. The molecular weight excluding hydrogens is 1450 g/mol. The summed E-state index contributed by atoms with van der Waals surface area (Å²) in [6.45, 7) is 7.38. The first-order valence-electron chi connectivity index (χ1n) is 36.0. The lowest BCUT2D eigenvalue weighted by atomic mass is 10.00. The zero-order valence-corrected chi connectivity index (χ0v) is 63.6. The van der Waals surface area contributed by atoms with Crippen LogP contribution in [0.3, 0.4) is 0 Å². The van der Waals surface area contributed by atoms with Gasteiger partial charge in [0.15, 0.2) is 0 Å². The van der Waals surface area contributed by atoms with Crippen molar-refractivity contribution in [1.29, 1.82) is 0 Å². The van der Waals surface area contributed by atoms with E-state index in [9.17, 15) is 76.2 Å². The molecule has 12 amide bonds. The number of carbonyl (C=O) groups excluding carboxylic acids is 12. The van der Waals surface area contributed by atoms with E-state index in [0.29, 0.717) is 11.2 Å². The monoisotopic (exact) mass is 1550 g/mol. The van der Waals surface area contributed by atoms with Gasteiger partial charge >= 0.3 is 0 Å². The van der Waals surface area contributed by atoms with Gasteiger partial charge in [-0.3, -0.25) is 62.2 Å². The highest BCUT2D eigenvalue weighted by Gasteiger charge is 2.39. The molecule has 12 atom stereocenters. The number of anilines is 4. The van der Waals surface area contributed by atoms with E-state index in [4.69, 9.17) is 28.1 Å². The van der Waals surface area contributed by atoms with Crippen LogP contribution in [0.25, 0.3) is 10.9 Å². The van der Waals surface area contributed by atoms with Gasteiger partial charge in [0.2, 0.25) is 86.9 Å². The van der Waals surface area contributed by atoms with Crippen LogP contribution in [-0.2, 0) is 81.0 Å². The third kappa shape index (κ3) is 25.5. The second kappa shape index (κ2) is 41.8. The van der Waals surface area contributed by atoms with Crippen LogP contribution in [0.5, 0.6) is 0 Å². The van der Waals surface area contributed by atoms with Gasteiger partial charge in [-0.1, -0.05) is 50.2 Å². The van der Waals surface area contributed by atoms with E-state index in [1.807, 2.05) is 32.2 Å². The Morgan fingerprint density at radius 2 is 1.22 bits per heavy atom. The molecular formula is C71H104N22O16S. The summed E-state index contributed by atoms with van der Waals surface area (Å²) >= 11 is 0. The van der Waals surface area contributed by atoms with Gasteiger partial charge in [0.05, 0.1) is 28.3 Å². The van der Waals surface area contributed by atoms with E-state index >= 15 is 0 Å². The average Bonchev–Trinajstić information content (AvgIpc) is 1.38. The van der Waals surface area contributed by atoms with Gasteiger partial charge in [0.1, 0.15) is 66.2 Å². The van der Waals surface area contributed by atoms with Crippen LogP contribution >= 0.6 is 0 Å². The Morgan fingerprint density at radius 1 is 0.645 bits per heavy atom. The summed E-state index contributed by atoms with van der Waals surface area (Å²) in [5.41, 5.74) is 26.7. The van der Waals surface area contributed by atoms with E-state index in [1.165, 1.54) is 31.3 Å². The fourth-order valence-corrected chi connectivity index (χ4v) is 12.5. The molecule has 1 saturated heterocycles. The van der Waals surface area contributed by atoms with Crippen molar-refractivity contribution in [3.05, 3.63) is 96.3 Å². The van der Waals surface area contributed by atoms with E-state index in [-0.39, 0.29) is 99.4 Å². The number of sulfonamides is 1. The number of carbonyl (C=O) groups is 12. The number of primary sulfonamides is 1. The predicted octanol–water partition coefficient (Wildman–Crippen LogP) is -4.24. The van der Waals surface area contributed by atoms with E-state index in [0.717, 1.165) is 41.5 Å². The number of nitrogens with one attached hydrogen (secondary N) is 11. The molecule has 0 unspecified atom stereocenters. The van der Waals surface area contributed by atoms with Gasteiger partial charge < -0.3 is 96.5 Å². The van der Waals surface area contributed by atoms with Crippen molar-refractivity contribution >= 4 is 115 Å². The lowest BCUT2D eigenvalue weighted by Crippen LogP contribution is -2.62. The number of rotatable bonds is 30. The highest BCUT2D eigenvalue weighted by Crippen LogP contribution is 2.31. The molecule has 39 heteroatoms. The summed E-state index contributed by atoms with van der Waals surface area (Å²) in [5.74, 6) is -12.0. The molecule has 5 aromatic rings. The van der Waals surface area contributed by atoms with Gasteiger partial charge in [0.25, 0.3) is 0 Å². The summed E-state index contributed by atoms with van der Waals surface area (Å²) in [4.78, 5) is 183. The highest BCUT2D eigenvalue weighted by molar-refractivity contribution is 7.89. The zero-order valence-electron chi connectivity index (χ0n) is 62.8. The van der Waals surface area contributed by atoms with Crippen molar-refractivity contribution in [2.45, 2.75) is 183 Å². The van der Waals surface area contributed by atoms with Gasteiger partial charge in [-0.25, -0.2) is 23.4 Å². The van der Waals surface area contributed by atoms with Crippen LogP contribution in [0.1, 0.15) is 104 Å². The Labute approximate surface area is 636 Å². The Morgan fingerprint density at radius 3 is 1.78 bits per heavy atom. The van der Waals surface area contributed by atoms with Crippen LogP contribution in [0.2, 0.25) is 0 Å². The van der Waals surface area contributed by atoms with Gasteiger partial charge in [-0.2, -0.15) is 10.1 Å². The molecule has 6 rings (SSSR count). The van der Waals surface area contributed by atoms with E-state index < -0.39 is 179 Å². The molecule has 38 nitrogen and oxygen atoms in total. The smallest absolute Gasteiger partial charge is 0.245 e. The Hall–Kier alpha value is -10.7. The number of hydrogen-bond acceptors (Lipinski definition) is 24. The van der Waals surface area contributed by atoms with Crippen molar-refractivity contribution in [3.8, 4) is 0 Å². The SMILES string of the molecule is CC(=O)N[C@@H](CCC(=O)N(c1cccc(S(N)(=O)=O)c1)c1nccc(N(C)c2ccc3c(C)n(C)nc3c2)n1)C(=O)N[C@H](C(=O)N[C@@H](CCN)C(=O)N[C@H]1CCNC(=O)[C@H]([C@@H](C)O)NC(=O)[C@H](CCN)NC(=O)[C@H](CCN)NC(=O)[C@H](CC(C)C)NC(=O)[C@@H](CCc2ccccc2)NC(=O)[C@H](CCN)NC1=O)[C@@H](C)O. The van der Waals surface area contributed by atoms with Crippen molar-refractivity contribution in [2.75, 3.05) is 49.6 Å². The van der Waals surface area contributed by atoms with Gasteiger partial charge in [-0.05, 0) is 159 Å². The number of aliphatic hydroxyl groups excluding tert-OH is 2. The first-order valence-corrected chi connectivity index (χ1v) is 37.6. The zero-order chi connectivity index (χ0) is 81.3. The third-order valence-electron chi connectivity index (χ3n) is 18.0. The molecule has 0 spiro atoms. The largest absolute Gasteiger partial charge is 0.391 e. The molecule has 600 valence electrons. The molecule has 1 aliphatic heterocycles. The fourth-order valence-electron chi connectivity index (χ4n) is 12.0. The Balaban J connectivity index is 1.29. The highest BCUT2D eigenvalue weighted by atomic mass is 32.2. The maximum absolute atomic E-state index is 14.8. The maximum atomic E-state index is 14.8. The molecule has 110 heavy (non-hydrogen) atoms. The summed E-state index contributed by atoms with van der Waals surface area (Å²) in [6, 6.07) is 5.02. The molecule has 1 aliphatic rings. The number of aliphatic hydroxyl groups is 2. The maximum Gasteiger partial charge on any atom is 0.245 e. The number of hydrogen-bond donors (Lipinski definition) is 18. The summed E-state index contributed by atoms with van der Waals surface area (Å²) in [5, 5.41) is 60.8. The number of aromatic nitrogens is 4. The van der Waals surface area contributed by atoms with Crippen molar-refractivity contribution in [1.82, 2.24) is 78.2 Å². The predicted molar refractivity (Wildman–Crippen MR) is 405 cm³/mol. The summed E-state index contributed by atoms with van der Waals surface area (Å²) in [6.07, 6.45) is -4.61. The number of aryl methyl sites for hydroxylation is 3. The minimum absolute atomic E-state index is 0.0153. The lowest BCUT2D eigenvalue weighted by Gasteiger charge is -2.29. The van der Waals surface area contributed by atoms with Crippen molar-refractivity contribution < 1.29 is 76.2 Å². The molecule has 0 saturated carbocycles. The molecule has 0 aliphatic carbocycles. The van der Waals surface area contributed by atoms with Crippen LogP contribution in [0.4, 0.5) is 23.1 Å². The molecule has 0 radical (unpaired) electrons. The molecule has 3 heterocycles. The topological polar surface area (TPSA) is 592 Å². The summed E-state index contributed by atoms with van der Waals surface area (Å²) in [7, 11) is -0.844. The molecule has 23 N–H and O–H groups in total.